The molecule has 0 spiro atoms. The summed E-state index contributed by atoms with van der Waals surface area (Å²) in [5, 5.41) is 14.4. The maximum absolute atomic E-state index is 12.2. The van der Waals surface area contributed by atoms with Crippen LogP contribution < -0.4 is 5.32 Å². The van der Waals surface area contributed by atoms with Gasteiger partial charge < -0.3 is 14.8 Å². The fraction of sp³-hybridized carbons (Fsp3) is 0.294. The first-order chi connectivity index (χ1) is 11.8. The molecule has 0 fully saturated rings. The van der Waals surface area contributed by atoms with E-state index in [9.17, 15) is 19.7 Å². The van der Waals surface area contributed by atoms with Crippen LogP contribution in [-0.4, -0.2) is 31.1 Å². The van der Waals surface area contributed by atoms with Crippen LogP contribution >= 0.6 is 0 Å². The summed E-state index contributed by atoms with van der Waals surface area (Å²) < 4.78 is 9.43. The van der Waals surface area contributed by atoms with Gasteiger partial charge in [-0.3, -0.25) is 10.1 Å². The van der Waals surface area contributed by atoms with E-state index in [4.69, 9.17) is 4.74 Å². The molecule has 8 nitrogen and oxygen atoms in total. The van der Waals surface area contributed by atoms with Crippen LogP contribution in [0.3, 0.4) is 0 Å². The Balaban J connectivity index is 2.65. The van der Waals surface area contributed by atoms with Crippen molar-refractivity contribution in [2.75, 3.05) is 14.2 Å². The number of ether oxygens (including phenoxy) is 2. The minimum absolute atomic E-state index is 0.0498. The number of hydrogen-bond acceptors (Lipinski definition) is 7. The van der Waals surface area contributed by atoms with Crippen LogP contribution in [0.1, 0.15) is 23.1 Å². The Bertz CT molecular complexity index is 823. The summed E-state index contributed by atoms with van der Waals surface area (Å²) in [4.78, 5) is 35.0. The lowest BCUT2D eigenvalue weighted by atomic mass is 9.93. The number of nitro groups is 1. The zero-order chi connectivity index (χ0) is 18.7. The monoisotopic (exact) mass is 346 g/mol. The number of benzene rings is 1. The van der Waals surface area contributed by atoms with E-state index in [1.165, 1.54) is 20.4 Å². The normalized spacial score (nSPS) is 13.7. The molecule has 0 aliphatic carbocycles. The molecule has 0 radical (unpaired) electrons. The molecule has 0 aromatic heterocycles. The number of dihydropyridines is 1. The molecule has 0 saturated carbocycles. The minimum Gasteiger partial charge on any atom is -0.466 e. The van der Waals surface area contributed by atoms with Crippen molar-refractivity contribution in [3.05, 3.63) is 56.3 Å². The van der Waals surface area contributed by atoms with E-state index < -0.39 is 16.9 Å². The van der Waals surface area contributed by atoms with Crippen molar-refractivity contribution in [2.45, 2.75) is 20.3 Å². The zero-order valence-corrected chi connectivity index (χ0v) is 14.3. The van der Waals surface area contributed by atoms with Crippen LogP contribution in [-0.2, 0) is 19.1 Å². The highest BCUT2D eigenvalue weighted by Gasteiger charge is 2.30. The lowest BCUT2D eigenvalue weighted by Gasteiger charge is -2.21. The quantitative estimate of drug-likeness (QED) is 0.505. The van der Waals surface area contributed by atoms with E-state index in [1.54, 1.807) is 26.0 Å². The Morgan fingerprint density at radius 3 is 2.36 bits per heavy atom. The summed E-state index contributed by atoms with van der Waals surface area (Å²) in [6.07, 6.45) is 1.33. The first kappa shape index (κ1) is 18.2. The Labute approximate surface area is 144 Å². The fourth-order valence-corrected chi connectivity index (χ4v) is 2.61. The van der Waals surface area contributed by atoms with Gasteiger partial charge in [0.15, 0.2) is 0 Å². The van der Waals surface area contributed by atoms with Crippen molar-refractivity contribution in [1.82, 2.24) is 5.32 Å². The van der Waals surface area contributed by atoms with Crippen LogP contribution in [0.25, 0.3) is 5.70 Å². The maximum Gasteiger partial charge on any atom is 0.336 e. The van der Waals surface area contributed by atoms with Crippen LogP contribution in [0.4, 0.5) is 5.69 Å². The van der Waals surface area contributed by atoms with E-state index in [1.807, 2.05) is 0 Å². The van der Waals surface area contributed by atoms with Gasteiger partial charge in [0.2, 0.25) is 0 Å². The second-order valence-electron chi connectivity index (χ2n) is 5.49. The van der Waals surface area contributed by atoms with Gasteiger partial charge in [-0.15, -0.1) is 0 Å². The summed E-state index contributed by atoms with van der Waals surface area (Å²) in [7, 11) is 2.44. The number of methoxy groups -OCH3 is 2. The molecule has 0 amide bonds. The van der Waals surface area contributed by atoms with Crippen molar-refractivity contribution >= 4 is 23.3 Å². The average Bonchev–Trinajstić information content (AvgIpc) is 2.61. The van der Waals surface area contributed by atoms with Gasteiger partial charge in [-0.25, -0.2) is 9.59 Å². The van der Waals surface area contributed by atoms with E-state index in [2.05, 4.69) is 10.1 Å². The Hall–Kier alpha value is -3.16. The molecule has 0 bridgehead atoms. The molecule has 1 aliphatic heterocycles. The highest BCUT2D eigenvalue weighted by Crippen LogP contribution is 2.35. The van der Waals surface area contributed by atoms with E-state index in [-0.39, 0.29) is 34.5 Å². The minimum atomic E-state index is -0.676. The molecule has 1 aliphatic rings. The molecular weight excluding hydrogens is 328 g/mol. The summed E-state index contributed by atoms with van der Waals surface area (Å²) in [6.45, 7) is 3.42. The highest BCUT2D eigenvalue weighted by atomic mass is 16.6. The van der Waals surface area contributed by atoms with Crippen molar-refractivity contribution in [3.63, 3.8) is 0 Å². The van der Waals surface area contributed by atoms with Gasteiger partial charge in [0.05, 0.1) is 41.5 Å². The van der Waals surface area contributed by atoms with Gasteiger partial charge >= 0.3 is 11.9 Å². The number of hydrogen-bond donors (Lipinski definition) is 1. The number of esters is 2. The molecule has 1 heterocycles. The molecule has 8 heteroatoms. The molecule has 0 saturated heterocycles. The number of nitro benzene ring substituents is 1. The fourth-order valence-electron chi connectivity index (χ4n) is 2.61. The molecule has 1 aromatic rings. The third kappa shape index (κ3) is 3.37. The van der Waals surface area contributed by atoms with Crippen LogP contribution in [0, 0.1) is 24.0 Å². The third-order valence-corrected chi connectivity index (χ3v) is 4.09. The van der Waals surface area contributed by atoms with Crippen LogP contribution in [0.5, 0.6) is 0 Å². The van der Waals surface area contributed by atoms with Gasteiger partial charge in [0.1, 0.15) is 0 Å². The Kier molecular flexibility index (Phi) is 5.21. The smallest absolute Gasteiger partial charge is 0.336 e. The predicted molar refractivity (Wildman–Crippen MR) is 89.4 cm³/mol. The zero-order valence-electron chi connectivity index (χ0n) is 14.3. The summed E-state index contributed by atoms with van der Waals surface area (Å²) in [5.74, 6) is -1.27. The van der Waals surface area contributed by atoms with Gasteiger partial charge in [0.25, 0.3) is 5.69 Å². The van der Waals surface area contributed by atoms with E-state index >= 15 is 0 Å². The predicted octanol–water partition coefficient (Wildman–Crippen LogP) is 2.15. The number of aryl methyl sites for hydroxylation is 1. The topological polar surface area (TPSA) is 108 Å². The summed E-state index contributed by atoms with van der Waals surface area (Å²) >= 11 is 0. The highest BCUT2D eigenvalue weighted by molar-refractivity contribution is 6.02. The van der Waals surface area contributed by atoms with Crippen molar-refractivity contribution in [2.24, 2.45) is 0 Å². The molecule has 1 N–H and O–H groups in total. The van der Waals surface area contributed by atoms with E-state index in [0.717, 1.165) is 5.56 Å². The van der Waals surface area contributed by atoms with Crippen molar-refractivity contribution in [1.29, 1.82) is 0 Å². The second kappa shape index (κ2) is 7.16. The first-order valence-corrected chi connectivity index (χ1v) is 7.42. The summed E-state index contributed by atoms with van der Waals surface area (Å²) in [5.41, 5.74) is 2.01. The number of nitrogens with one attached hydrogen (secondary N) is 1. The largest absolute Gasteiger partial charge is 0.466 e. The molecule has 25 heavy (non-hydrogen) atoms. The summed E-state index contributed by atoms with van der Waals surface area (Å²) in [6, 6.07) is 3.31. The van der Waals surface area contributed by atoms with Gasteiger partial charge in [0, 0.05) is 18.2 Å². The van der Waals surface area contributed by atoms with Crippen molar-refractivity contribution in [3.8, 4) is 0 Å². The lowest BCUT2D eigenvalue weighted by Crippen LogP contribution is -2.23. The average molecular weight is 346 g/mol. The SMILES string of the molecule is COC(=O)C1=CNC(c2ccc(C)c(C)c2[N+](=O)[O-])=C(C(=O)OC)C1. The second-order valence-corrected chi connectivity index (χ2v) is 5.49. The molecule has 0 atom stereocenters. The number of nitrogens with zero attached hydrogens (tertiary/aromatic N) is 1. The van der Waals surface area contributed by atoms with Crippen molar-refractivity contribution < 1.29 is 24.0 Å². The Morgan fingerprint density at radius 1 is 1.16 bits per heavy atom. The van der Waals surface area contributed by atoms with E-state index in [0.29, 0.717) is 5.56 Å². The van der Waals surface area contributed by atoms with Gasteiger partial charge in [-0.1, -0.05) is 6.07 Å². The number of carbonyl (C=O) groups is 2. The van der Waals surface area contributed by atoms with Crippen LogP contribution in [0.2, 0.25) is 0 Å². The standard InChI is InChI=1S/C17H18N2O6/c1-9-5-6-12(15(10(9)2)19(22)23)14-13(17(21)25-4)7-11(8-18-14)16(20)24-3/h5-6,8,18H,7H2,1-4H3. The van der Waals surface area contributed by atoms with Crippen LogP contribution in [0.15, 0.2) is 29.5 Å². The number of rotatable bonds is 4. The molecule has 1 aromatic carbocycles. The third-order valence-electron chi connectivity index (χ3n) is 4.09. The number of carbonyl (C=O) groups excluding carboxylic acids is 2. The molecule has 2 rings (SSSR count). The molecule has 0 unspecified atom stereocenters. The lowest BCUT2D eigenvalue weighted by molar-refractivity contribution is -0.385. The molecular formula is C17H18N2O6. The van der Waals surface area contributed by atoms with Gasteiger partial charge in [-0.2, -0.15) is 0 Å². The maximum atomic E-state index is 12.2. The first-order valence-electron chi connectivity index (χ1n) is 7.42. The van der Waals surface area contributed by atoms with Gasteiger partial charge in [-0.05, 0) is 25.5 Å². The Morgan fingerprint density at radius 2 is 1.80 bits per heavy atom. The molecule has 132 valence electrons.